The maximum atomic E-state index is 12.8. The quantitative estimate of drug-likeness (QED) is 0.568. The molecule has 27 heavy (non-hydrogen) atoms. The second-order valence-electron chi connectivity index (χ2n) is 6.89. The largest absolute Gasteiger partial charge is 0.492 e. The fourth-order valence-corrected chi connectivity index (χ4v) is 3.77. The molecule has 2 heterocycles. The third-order valence-corrected chi connectivity index (χ3v) is 5.55. The minimum atomic E-state index is -0.0292. The Hall–Kier alpha value is -2.11. The third-order valence-electron chi connectivity index (χ3n) is 5.03. The topological polar surface area (TPSA) is 42.7 Å². The minimum Gasteiger partial charge on any atom is -0.492 e. The lowest BCUT2D eigenvalue weighted by Gasteiger charge is -2.26. The molecule has 1 saturated heterocycles. The van der Waals surface area contributed by atoms with Crippen molar-refractivity contribution in [2.45, 2.75) is 19.3 Å². The van der Waals surface area contributed by atoms with Crippen LogP contribution < -0.4 is 10.2 Å². The lowest BCUT2D eigenvalue weighted by molar-refractivity contribution is 0.183. The maximum absolute atomic E-state index is 12.8. The minimum absolute atomic E-state index is 0.0292. The lowest BCUT2D eigenvalue weighted by Crippen LogP contribution is -2.33. The van der Waals surface area contributed by atoms with Crippen LogP contribution in [0, 0.1) is 0 Å². The normalized spacial score (nSPS) is 15.1. The molecule has 3 aromatic rings. The number of benzene rings is 2. The average molecular weight is 428 g/mol. The third kappa shape index (κ3) is 4.25. The second kappa shape index (κ2) is 8.28. The first-order chi connectivity index (χ1) is 13.2. The highest BCUT2D eigenvalue weighted by Gasteiger charge is 2.12. The molecule has 0 atom stereocenters. The fourth-order valence-electron chi connectivity index (χ4n) is 3.50. The van der Waals surface area contributed by atoms with E-state index in [0.717, 1.165) is 35.4 Å². The van der Waals surface area contributed by atoms with E-state index < -0.39 is 0 Å². The number of fused-ring (bicyclic) bond motifs is 1. The van der Waals surface area contributed by atoms with Gasteiger partial charge in [-0.15, -0.1) is 0 Å². The Kier molecular flexibility index (Phi) is 5.60. The number of likely N-dealkylation sites (tertiary alicyclic amines) is 1. The van der Waals surface area contributed by atoms with Crippen LogP contribution in [0.3, 0.4) is 0 Å². The van der Waals surface area contributed by atoms with Crippen LogP contribution in [-0.4, -0.2) is 31.1 Å². The van der Waals surface area contributed by atoms with Crippen molar-refractivity contribution < 1.29 is 9.15 Å². The Labute approximate surface area is 166 Å². The summed E-state index contributed by atoms with van der Waals surface area (Å²) in [6, 6.07) is 13.1. The van der Waals surface area contributed by atoms with E-state index in [0.29, 0.717) is 23.1 Å². The molecule has 0 spiro atoms. The van der Waals surface area contributed by atoms with Gasteiger partial charge in [-0.25, -0.2) is 0 Å². The van der Waals surface area contributed by atoms with Gasteiger partial charge in [0.05, 0.1) is 10.9 Å². The van der Waals surface area contributed by atoms with E-state index in [4.69, 9.17) is 9.15 Å². The molecule has 4 rings (SSSR count). The van der Waals surface area contributed by atoms with E-state index in [2.05, 4.69) is 20.8 Å². The van der Waals surface area contributed by atoms with Gasteiger partial charge < -0.3 is 9.15 Å². The molecule has 1 aromatic heterocycles. The summed E-state index contributed by atoms with van der Waals surface area (Å²) in [4.78, 5) is 15.3. The van der Waals surface area contributed by atoms with Crippen molar-refractivity contribution in [1.29, 1.82) is 0 Å². The fraction of sp³-hybridized carbons (Fsp3) is 0.318. The van der Waals surface area contributed by atoms with Gasteiger partial charge in [-0.1, -0.05) is 34.5 Å². The van der Waals surface area contributed by atoms with Gasteiger partial charge in [0.15, 0.2) is 5.43 Å². The Morgan fingerprint density at radius 3 is 2.59 bits per heavy atom. The molecule has 0 radical (unpaired) electrons. The van der Waals surface area contributed by atoms with Gasteiger partial charge in [0, 0.05) is 17.1 Å². The van der Waals surface area contributed by atoms with Crippen molar-refractivity contribution in [2.24, 2.45) is 0 Å². The van der Waals surface area contributed by atoms with Crippen molar-refractivity contribution in [3.8, 4) is 16.9 Å². The van der Waals surface area contributed by atoms with Crippen molar-refractivity contribution in [3.63, 3.8) is 0 Å². The Morgan fingerprint density at radius 2 is 1.81 bits per heavy atom. The highest BCUT2D eigenvalue weighted by Crippen LogP contribution is 2.24. The van der Waals surface area contributed by atoms with Crippen LogP contribution in [-0.2, 0) is 0 Å². The van der Waals surface area contributed by atoms with Crippen molar-refractivity contribution in [3.05, 3.63) is 63.4 Å². The molecule has 0 bridgehead atoms. The summed E-state index contributed by atoms with van der Waals surface area (Å²) in [6.45, 7) is 3.90. The van der Waals surface area contributed by atoms with Crippen LogP contribution in [0.2, 0.25) is 0 Å². The summed E-state index contributed by atoms with van der Waals surface area (Å²) in [6.07, 6.45) is 5.43. The van der Waals surface area contributed by atoms with E-state index in [-0.39, 0.29) is 5.43 Å². The first-order valence-corrected chi connectivity index (χ1v) is 10.2. The maximum Gasteiger partial charge on any atom is 0.200 e. The number of halogens is 1. The summed E-state index contributed by atoms with van der Waals surface area (Å²) in [7, 11) is 0. The van der Waals surface area contributed by atoms with Gasteiger partial charge in [0.1, 0.15) is 24.2 Å². The molecular weight excluding hydrogens is 406 g/mol. The summed E-state index contributed by atoms with van der Waals surface area (Å²) in [5.74, 6) is 0.735. The molecule has 1 aliphatic rings. The van der Waals surface area contributed by atoms with Crippen molar-refractivity contribution >= 4 is 26.9 Å². The average Bonchev–Trinajstić information content (AvgIpc) is 2.70. The molecule has 0 unspecified atom stereocenters. The van der Waals surface area contributed by atoms with E-state index in [1.165, 1.54) is 25.5 Å². The van der Waals surface area contributed by atoms with Crippen molar-refractivity contribution in [2.75, 3.05) is 26.2 Å². The highest BCUT2D eigenvalue weighted by atomic mass is 79.9. The number of nitrogens with zero attached hydrogens (tertiary/aromatic N) is 1. The molecule has 2 aromatic carbocycles. The highest BCUT2D eigenvalue weighted by molar-refractivity contribution is 9.10. The van der Waals surface area contributed by atoms with Gasteiger partial charge >= 0.3 is 0 Å². The molecular formula is C22H22BrNO3. The molecule has 1 aliphatic heterocycles. The first-order valence-electron chi connectivity index (χ1n) is 9.37. The van der Waals surface area contributed by atoms with Gasteiger partial charge in [-0.2, -0.15) is 0 Å². The van der Waals surface area contributed by atoms with E-state index in [1.54, 1.807) is 12.1 Å². The number of rotatable bonds is 5. The van der Waals surface area contributed by atoms with Crippen LogP contribution in [0.1, 0.15) is 19.3 Å². The summed E-state index contributed by atoms with van der Waals surface area (Å²) < 4.78 is 12.6. The van der Waals surface area contributed by atoms with Gasteiger partial charge in [-0.05, 0) is 55.8 Å². The molecule has 1 fully saturated rings. The predicted molar refractivity (Wildman–Crippen MR) is 111 cm³/mol. The molecule has 0 saturated carbocycles. The summed E-state index contributed by atoms with van der Waals surface area (Å²) in [5.41, 5.74) is 1.93. The standard InChI is InChI=1S/C22H22BrNO3/c23-17-6-4-16(5-7-17)20-15-27-21-14-18(8-9-19(21)22(20)25)26-13-12-24-10-2-1-3-11-24/h4-9,14-15H,1-3,10-13H2. The van der Waals surface area contributed by atoms with Crippen molar-refractivity contribution in [1.82, 2.24) is 4.90 Å². The molecule has 5 heteroatoms. The summed E-state index contributed by atoms with van der Waals surface area (Å²) in [5, 5.41) is 0.568. The zero-order chi connectivity index (χ0) is 18.6. The van der Waals surface area contributed by atoms with E-state index in [1.807, 2.05) is 30.3 Å². The SMILES string of the molecule is O=c1c(-c2ccc(Br)cc2)coc2cc(OCCN3CCCCC3)ccc12. The van der Waals surface area contributed by atoms with Crippen LogP contribution in [0.15, 0.2) is 62.4 Å². The Bertz CT molecular complexity index is 975. The Balaban J connectivity index is 1.50. The smallest absolute Gasteiger partial charge is 0.200 e. The van der Waals surface area contributed by atoms with E-state index in [9.17, 15) is 4.79 Å². The zero-order valence-electron chi connectivity index (χ0n) is 15.1. The monoisotopic (exact) mass is 427 g/mol. The Morgan fingerprint density at radius 1 is 1.04 bits per heavy atom. The number of hydrogen-bond acceptors (Lipinski definition) is 4. The van der Waals surface area contributed by atoms with Gasteiger partial charge in [0.25, 0.3) is 0 Å². The number of piperidine rings is 1. The molecule has 0 aliphatic carbocycles. The molecule has 140 valence electrons. The number of ether oxygens (including phenoxy) is 1. The van der Waals surface area contributed by atoms with Crippen LogP contribution in [0.4, 0.5) is 0 Å². The molecule has 4 nitrogen and oxygen atoms in total. The first kappa shape index (κ1) is 18.3. The second-order valence-corrected chi connectivity index (χ2v) is 7.81. The predicted octanol–water partition coefficient (Wildman–Crippen LogP) is 5.09. The molecule has 0 N–H and O–H groups in total. The van der Waals surface area contributed by atoms with Crippen LogP contribution in [0.25, 0.3) is 22.1 Å². The van der Waals surface area contributed by atoms with E-state index >= 15 is 0 Å². The summed E-state index contributed by atoms with van der Waals surface area (Å²) >= 11 is 3.41. The molecule has 0 amide bonds. The van der Waals surface area contributed by atoms with Crippen LogP contribution in [0.5, 0.6) is 5.75 Å². The van der Waals surface area contributed by atoms with Gasteiger partial charge in [-0.3, -0.25) is 9.69 Å². The van der Waals surface area contributed by atoms with Crippen LogP contribution >= 0.6 is 15.9 Å². The zero-order valence-corrected chi connectivity index (χ0v) is 16.7. The number of hydrogen-bond donors (Lipinski definition) is 0. The lowest BCUT2D eigenvalue weighted by atomic mass is 10.1. The van der Waals surface area contributed by atoms with Gasteiger partial charge in [0.2, 0.25) is 0 Å².